The van der Waals surface area contributed by atoms with E-state index in [9.17, 15) is 13.2 Å². The molecule has 178 valence electrons. The first-order chi connectivity index (χ1) is 16.2. The Hall–Kier alpha value is -3.16. The third-order valence-corrected chi connectivity index (χ3v) is 7.66. The first-order valence-corrected chi connectivity index (χ1v) is 13.0. The zero-order valence-electron chi connectivity index (χ0n) is 19.9. The molecule has 3 aromatic carbocycles. The summed E-state index contributed by atoms with van der Waals surface area (Å²) in [6, 6.07) is 22.6. The number of hydrogen-bond acceptors (Lipinski definition) is 4. The van der Waals surface area contributed by atoms with Crippen molar-refractivity contribution in [1.82, 2.24) is 9.62 Å². The van der Waals surface area contributed by atoms with Gasteiger partial charge in [0.25, 0.3) is 5.91 Å². The van der Waals surface area contributed by atoms with E-state index in [2.05, 4.69) is 47.7 Å². The van der Waals surface area contributed by atoms with Crippen LogP contribution < -0.4 is 9.62 Å². The van der Waals surface area contributed by atoms with Crippen molar-refractivity contribution < 1.29 is 13.2 Å². The van der Waals surface area contributed by atoms with Gasteiger partial charge in [-0.1, -0.05) is 42.0 Å². The molecule has 1 saturated heterocycles. The van der Waals surface area contributed by atoms with Crippen LogP contribution in [0.2, 0.25) is 0 Å². The summed E-state index contributed by atoms with van der Waals surface area (Å²) in [5.74, 6) is 0.00234. The third kappa shape index (κ3) is 5.48. The van der Waals surface area contributed by atoms with Gasteiger partial charge in [-0.3, -0.25) is 4.79 Å². The van der Waals surface area contributed by atoms with Crippen LogP contribution in [0.25, 0.3) is 0 Å². The Balaban J connectivity index is 1.35. The van der Waals surface area contributed by atoms with Crippen molar-refractivity contribution in [2.24, 2.45) is 0 Å². The maximum absolute atomic E-state index is 13.1. The van der Waals surface area contributed by atoms with E-state index < -0.39 is 10.0 Å². The van der Waals surface area contributed by atoms with Gasteiger partial charge in [-0.25, -0.2) is 13.1 Å². The van der Waals surface area contributed by atoms with Crippen LogP contribution in [0.3, 0.4) is 0 Å². The van der Waals surface area contributed by atoms with Crippen LogP contribution >= 0.6 is 0 Å². The number of amides is 1. The van der Waals surface area contributed by atoms with E-state index in [0.717, 1.165) is 17.7 Å². The van der Waals surface area contributed by atoms with Crippen molar-refractivity contribution in [3.05, 3.63) is 95.1 Å². The van der Waals surface area contributed by atoms with Gasteiger partial charge >= 0.3 is 0 Å². The lowest BCUT2D eigenvalue weighted by Gasteiger charge is -2.41. The van der Waals surface area contributed by atoms with Crippen LogP contribution in [0.4, 0.5) is 5.69 Å². The van der Waals surface area contributed by atoms with E-state index in [1.807, 2.05) is 11.8 Å². The van der Waals surface area contributed by atoms with Crippen molar-refractivity contribution in [2.45, 2.75) is 38.3 Å². The molecule has 0 saturated carbocycles. The molecular weight excluding hydrogens is 446 g/mol. The van der Waals surface area contributed by atoms with Crippen LogP contribution in [0.15, 0.2) is 77.7 Å². The molecule has 1 unspecified atom stereocenters. The molecule has 0 radical (unpaired) electrons. The molecule has 0 bridgehead atoms. The summed E-state index contributed by atoms with van der Waals surface area (Å²) in [4.78, 5) is 17.6. The molecule has 1 amide bonds. The number of hydrogen-bond donors (Lipinski definition) is 1. The molecule has 0 aromatic heterocycles. The monoisotopic (exact) mass is 477 g/mol. The molecule has 1 fully saturated rings. The predicted molar refractivity (Wildman–Crippen MR) is 136 cm³/mol. The highest BCUT2D eigenvalue weighted by Crippen LogP contribution is 2.22. The SMILES string of the molecule is Cc1ccc(S(=O)(=O)NCc2ccc(C(=O)N3CCN(c4cccc(C)c4)C(C)C3)cc2)cc1. The van der Waals surface area contributed by atoms with Gasteiger partial charge in [0.1, 0.15) is 0 Å². The van der Waals surface area contributed by atoms with Gasteiger partial charge in [0.2, 0.25) is 10.0 Å². The lowest BCUT2D eigenvalue weighted by molar-refractivity contribution is 0.0726. The Kier molecular flexibility index (Phi) is 7.05. The number of aryl methyl sites for hydroxylation is 2. The number of sulfonamides is 1. The van der Waals surface area contributed by atoms with Crippen molar-refractivity contribution in [3.8, 4) is 0 Å². The molecule has 1 atom stereocenters. The van der Waals surface area contributed by atoms with Gasteiger partial charge in [-0.2, -0.15) is 0 Å². The second-order valence-electron chi connectivity index (χ2n) is 8.97. The zero-order chi connectivity index (χ0) is 24.3. The minimum atomic E-state index is -3.59. The summed E-state index contributed by atoms with van der Waals surface area (Å²) in [5, 5.41) is 0. The number of nitrogens with one attached hydrogen (secondary N) is 1. The van der Waals surface area contributed by atoms with Gasteiger partial charge in [0, 0.05) is 43.5 Å². The molecule has 1 aliphatic rings. The van der Waals surface area contributed by atoms with Crippen molar-refractivity contribution in [1.29, 1.82) is 0 Å². The van der Waals surface area contributed by atoms with Gasteiger partial charge in [0.05, 0.1) is 4.90 Å². The van der Waals surface area contributed by atoms with E-state index in [1.54, 1.807) is 48.5 Å². The van der Waals surface area contributed by atoms with Gasteiger partial charge in [0.15, 0.2) is 0 Å². The van der Waals surface area contributed by atoms with Crippen LogP contribution in [0.5, 0.6) is 0 Å². The van der Waals surface area contributed by atoms with Crippen LogP contribution in [-0.2, 0) is 16.6 Å². The smallest absolute Gasteiger partial charge is 0.253 e. The standard InChI is InChI=1S/C27H31N3O3S/c1-20-7-13-26(14-8-20)34(32,33)28-18-23-9-11-24(12-10-23)27(31)29-15-16-30(22(3)19-29)25-6-4-5-21(2)17-25/h4-14,17,22,28H,15-16,18-19H2,1-3H3. The fraction of sp³-hybridized carbons (Fsp3) is 0.296. The summed E-state index contributed by atoms with van der Waals surface area (Å²) in [5.41, 5.74) is 4.83. The second kappa shape index (κ2) is 9.99. The molecule has 6 nitrogen and oxygen atoms in total. The van der Waals surface area contributed by atoms with Gasteiger partial charge in [-0.05, 0) is 68.3 Å². The predicted octanol–water partition coefficient (Wildman–Crippen LogP) is 4.13. The lowest BCUT2D eigenvalue weighted by atomic mass is 10.1. The minimum absolute atomic E-state index is 0.00234. The molecule has 1 heterocycles. The Morgan fingerprint density at radius 3 is 2.29 bits per heavy atom. The largest absolute Gasteiger partial charge is 0.365 e. The van der Waals surface area contributed by atoms with E-state index in [4.69, 9.17) is 0 Å². The van der Waals surface area contributed by atoms with E-state index >= 15 is 0 Å². The first kappa shape index (κ1) is 24.0. The molecule has 3 aromatic rings. The number of carbonyl (C=O) groups excluding carboxylic acids is 1. The number of rotatable bonds is 6. The summed E-state index contributed by atoms with van der Waals surface area (Å²) in [7, 11) is -3.59. The van der Waals surface area contributed by atoms with Crippen molar-refractivity contribution in [3.63, 3.8) is 0 Å². The number of benzene rings is 3. The molecule has 0 aliphatic carbocycles. The Labute approximate surface area is 202 Å². The number of carbonyl (C=O) groups is 1. The fourth-order valence-electron chi connectivity index (χ4n) is 4.26. The summed E-state index contributed by atoms with van der Waals surface area (Å²) < 4.78 is 27.6. The summed E-state index contributed by atoms with van der Waals surface area (Å²) in [6.45, 7) is 8.42. The van der Waals surface area contributed by atoms with E-state index in [0.29, 0.717) is 18.7 Å². The third-order valence-electron chi connectivity index (χ3n) is 6.25. The van der Waals surface area contributed by atoms with Crippen molar-refractivity contribution in [2.75, 3.05) is 24.5 Å². The number of nitrogens with zero attached hydrogens (tertiary/aromatic N) is 2. The molecule has 1 N–H and O–H groups in total. The average molecular weight is 478 g/mol. The second-order valence-corrected chi connectivity index (χ2v) is 10.7. The molecular formula is C27H31N3O3S. The average Bonchev–Trinajstić information content (AvgIpc) is 2.83. The molecule has 0 spiro atoms. The van der Waals surface area contributed by atoms with Crippen LogP contribution in [-0.4, -0.2) is 44.9 Å². The summed E-state index contributed by atoms with van der Waals surface area (Å²) >= 11 is 0. The quantitative estimate of drug-likeness (QED) is 0.580. The van der Waals surface area contributed by atoms with Crippen molar-refractivity contribution >= 4 is 21.6 Å². The normalized spacial score (nSPS) is 16.5. The zero-order valence-corrected chi connectivity index (χ0v) is 20.7. The Bertz CT molecular complexity index is 1260. The highest BCUT2D eigenvalue weighted by Gasteiger charge is 2.27. The van der Waals surface area contributed by atoms with Gasteiger partial charge < -0.3 is 9.80 Å². The Morgan fingerprint density at radius 1 is 0.941 bits per heavy atom. The number of piperazine rings is 1. The first-order valence-electron chi connectivity index (χ1n) is 11.5. The lowest BCUT2D eigenvalue weighted by Crippen LogP contribution is -2.53. The maximum atomic E-state index is 13.1. The van der Waals surface area contributed by atoms with Gasteiger partial charge in [-0.15, -0.1) is 0 Å². The molecule has 34 heavy (non-hydrogen) atoms. The number of anilines is 1. The Morgan fingerprint density at radius 2 is 1.65 bits per heavy atom. The minimum Gasteiger partial charge on any atom is -0.365 e. The van der Waals surface area contributed by atoms with E-state index in [1.165, 1.54) is 11.3 Å². The molecule has 4 rings (SSSR count). The molecule has 1 aliphatic heterocycles. The maximum Gasteiger partial charge on any atom is 0.253 e. The van der Waals surface area contributed by atoms with Crippen LogP contribution in [0.1, 0.15) is 34.0 Å². The summed E-state index contributed by atoms with van der Waals surface area (Å²) in [6.07, 6.45) is 0. The highest BCUT2D eigenvalue weighted by molar-refractivity contribution is 7.89. The fourth-order valence-corrected chi connectivity index (χ4v) is 5.28. The highest BCUT2D eigenvalue weighted by atomic mass is 32.2. The van der Waals surface area contributed by atoms with Crippen LogP contribution in [0, 0.1) is 13.8 Å². The topological polar surface area (TPSA) is 69.7 Å². The molecule has 7 heteroatoms. The van der Waals surface area contributed by atoms with E-state index in [-0.39, 0.29) is 23.4 Å².